The molecule has 1 fully saturated rings. The van der Waals surface area contributed by atoms with Crippen LogP contribution in [0.15, 0.2) is 59.6 Å². The second-order valence-electron chi connectivity index (χ2n) is 10.1. The molecule has 0 aliphatic carbocycles. The van der Waals surface area contributed by atoms with Crippen molar-refractivity contribution in [1.82, 2.24) is 15.2 Å². The number of sulfone groups is 1. The highest BCUT2D eigenvalue weighted by atomic mass is 32.2. The number of ether oxygens (including phenoxy) is 1. The second kappa shape index (κ2) is 14.3. The zero-order chi connectivity index (χ0) is 32.1. The molecule has 240 valence electrons. The van der Waals surface area contributed by atoms with E-state index < -0.39 is 52.8 Å². The van der Waals surface area contributed by atoms with Gasteiger partial charge in [0.25, 0.3) is 5.91 Å². The van der Waals surface area contributed by atoms with Gasteiger partial charge in [0.2, 0.25) is 0 Å². The summed E-state index contributed by atoms with van der Waals surface area (Å²) in [6, 6.07) is 9.19. The number of hydrogen-bond donors (Lipinski definition) is 2. The van der Waals surface area contributed by atoms with Gasteiger partial charge in [-0.1, -0.05) is 42.5 Å². The van der Waals surface area contributed by atoms with Gasteiger partial charge < -0.3 is 20.1 Å². The third-order valence-corrected chi connectivity index (χ3v) is 9.93. The van der Waals surface area contributed by atoms with Gasteiger partial charge in [-0.3, -0.25) is 9.69 Å². The maximum Gasteiger partial charge on any atom is 0.416 e. The molecule has 1 saturated heterocycles. The van der Waals surface area contributed by atoms with Crippen LogP contribution in [0.2, 0.25) is 0 Å². The van der Waals surface area contributed by atoms with E-state index in [1.165, 1.54) is 49.5 Å². The highest BCUT2D eigenvalue weighted by Crippen LogP contribution is 2.30. The second-order valence-corrected chi connectivity index (χ2v) is 13.3. The van der Waals surface area contributed by atoms with E-state index >= 15 is 0 Å². The highest BCUT2D eigenvalue weighted by Gasteiger charge is 2.32. The quantitative estimate of drug-likeness (QED) is 0.276. The molecule has 0 saturated carbocycles. The minimum atomic E-state index is -4.45. The number of nitrogens with one attached hydrogen (secondary N) is 1. The maximum atomic E-state index is 13.0. The number of anilines is 1. The normalized spacial score (nSPS) is 17.2. The zero-order valence-electron chi connectivity index (χ0n) is 23.5. The SMILES string of the molecule is CCS(=O)(=O)c1ccc([C@H](CO)NC(=O)c2cnc(N3CCN(Cc4ccc(C(F)(F)F)cc4)C[C@H]3COC(F)F)s2)cc1. The van der Waals surface area contributed by atoms with Crippen molar-refractivity contribution >= 4 is 32.2 Å². The fourth-order valence-electron chi connectivity index (χ4n) is 4.74. The first-order valence-corrected chi connectivity index (χ1v) is 16.0. The summed E-state index contributed by atoms with van der Waals surface area (Å²) in [4.78, 5) is 21.3. The number of halogens is 5. The number of benzene rings is 2. The summed E-state index contributed by atoms with van der Waals surface area (Å²) in [5, 5.41) is 13.0. The minimum Gasteiger partial charge on any atom is -0.394 e. The van der Waals surface area contributed by atoms with E-state index in [0.717, 1.165) is 23.5 Å². The summed E-state index contributed by atoms with van der Waals surface area (Å²) >= 11 is 1.02. The summed E-state index contributed by atoms with van der Waals surface area (Å²) in [5.74, 6) is -0.608. The summed E-state index contributed by atoms with van der Waals surface area (Å²) in [7, 11) is -3.41. The average Bonchev–Trinajstić information content (AvgIpc) is 3.49. The lowest BCUT2D eigenvalue weighted by atomic mass is 10.1. The predicted octanol–water partition coefficient (Wildman–Crippen LogP) is 4.35. The van der Waals surface area contributed by atoms with Crippen LogP contribution in [0.4, 0.5) is 27.1 Å². The molecule has 1 amide bonds. The van der Waals surface area contributed by atoms with Crippen LogP contribution in [0.1, 0.15) is 39.3 Å². The Morgan fingerprint density at radius 2 is 1.82 bits per heavy atom. The van der Waals surface area contributed by atoms with Crippen molar-refractivity contribution in [2.24, 2.45) is 0 Å². The van der Waals surface area contributed by atoms with Crippen molar-refractivity contribution in [1.29, 1.82) is 0 Å². The Morgan fingerprint density at radius 1 is 1.14 bits per heavy atom. The molecule has 1 aromatic heterocycles. The fourth-order valence-corrected chi connectivity index (χ4v) is 6.54. The van der Waals surface area contributed by atoms with Crippen molar-refractivity contribution in [2.75, 3.05) is 43.5 Å². The standard InChI is InChI=1S/C28H31F5N4O5S2/c1-2-44(40,41)22-9-5-19(6-10-22)23(16-38)35-25(39)24-13-34-27(43-24)37-12-11-36(15-21(37)17-42-26(29)30)14-18-3-7-20(8-4-18)28(31,32)33/h3-10,13,21,23,26,38H,2,11-12,14-17H2,1H3,(H,35,39)/t21-,23-/m0/s1. The number of carbonyl (C=O) groups is 1. The Bertz CT molecular complexity index is 1500. The molecule has 2 aromatic carbocycles. The molecular formula is C28H31F5N4O5S2. The van der Waals surface area contributed by atoms with Crippen molar-refractivity contribution in [3.05, 3.63) is 76.3 Å². The molecule has 0 spiro atoms. The molecule has 2 N–H and O–H groups in total. The lowest BCUT2D eigenvalue weighted by Crippen LogP contribution is -2.55. The van der Waals surface area contributed by atoms with Crippen LogP contribution in [0.5, 0.6) is 0 Å². The number of amides is 1. The Kier molecular flexibility index (Phi) is 10.9. The van der Waals surface area contributed by atoms with E-state index in [0.29, 0.717) is 35.9 Å². The van der Waals surface area contributed by atoms with Crippen molar-refractivity contribution in [3.63, 3.8) is 0 Å². The number of aliphatic hydroxyl groups is 1. The first-order chi connectivity index (χ1) is 20.8. The Hall–Kier alpha value is -3.18. The molecule has 4 rings (SSSR count). The van der Waals surface area contributed by atoms with Gasteiger partial charge in [0.1, 0.15) is 4.88 Å². The lowest BCUT2D eigenvalue weighted by Gasteiger charge is -2.41. The molecule has 1 aliphatic heterocycles. The number of aromatic nitrogens is 1. The first-order valence-electron chi connectivity index (χ1n) is 13.6. The zero-order valence-corrected chi connectivity index (χ0v) is 25.1. The van der Waals surface area contributed by atoms with Crippen LogP contribution in [-0.4, -0.2) is 80.6 Å². The molecule has 2 heterocycles. The van der Waals surface area contributed by atoms with Gasteiger partial charge in [-0.2, -0.15) is 22.0 Å². The summed E-state index contributed by atoms with van der Waals surface area (Å²) in [5.41, 5.74) is 0.366. The van der Waals surface area contributed by atoms with Gasteiger partial charge in [0.05, 0.1) is 47.7 Å². The number of hydrogen-bond acceptors (Lipinski definition) is 9. The highest BCUT2D eigenvalue weighted by molar-refractivity contribution is 7.91. The van der Waals surface area contributed by atoms with Crippen LogP contribution in [0.25, 0.3) is 0 Å². The maximum absolute atomic E-state index is 13.0. The number of carbonyl (C=O) groups excluding carboxylic acids is 1. The number of alkyl halides is 5. The third kappa shape index (κ3) is 8.50. The van der Waals surface area contributed by atoms with Gasteiger partial charge in [0, 0.05) is 26.2 Å². The molecule has 3 aromatic rings. The van der Waals surface area contributed by atoms with E-state index in [4.69, 9.17) is 0 Å². The largest absolute Gasteiger partial charge is 0.416 e. The minimum absolute atomic E-state index is 0.0659. The van der Waals surface area contributed by atoms with Gasteiger partial charge in [-0.15, -0.1) is 0 Å². The van der Waals surface area contributed by atoms with E-state index in [2.05, 4.69) is 15.0 Å². The average molecular weight is 663 g/mol. The molecule has 0 bridgehead atoms. The van der Waals surface area contributed by atoms with E-state index in [9.17, 15) is 40.3 Å². The van der Waals surface area contributed by atoms with Crippen molar-refractivity contribution < 1.29 is 45.0 Å². The molecule has 16 heteroatoms. The Balaban J connectivity index is 1.43. The third-order valence-electron chi connectivity index (χ3n) is 7.14. The monoisotopic (exact) mass is 662 g/mol. The fraction of sp³-hybridized carbons (Fsp3) is 0.429. The van der Waals surface area contributed by atoms with Gasteiger partial charge >= 0.3 is 12.8 Å². The van der Waals surface area contributed by atoms with Gasteiger partial charge in [-0.25, -0.2) is 13.4 Å². The lowest BCUT2D eigenvalue weighted by molar-refractivity contribution is -0.137. The van der Waals surface area contributed by atoms with Crippen LogP contribution in [0, 0.1) is 0 Å². The number of nitrogens with zero attached hydrogens (tertiary/aromatic N) is 3. The van der Waals surface area contributed by atoms with Crippen LogP contribution in [0.3, 0.4) is 0 Å². The molecule has 44 heavy (non-hydrogen) atoms. The Labute approximate surface area is 255 Å². The molecule has 0 unspecified atom stereocenters. The van der Waals surface area contributed by atoms with Crippen LogP contribution >= 0.6 is 11.3 Å². The van der Waals surface area contributed by atoms with E-state index in [1.54, 1.807) is 4.90 Å². The summed E-state index contributed by atoms with van der Waals surface area (Å²) in [6.07, 6.45) is -3.12. The molecule has 9 nitrogen and oxygen atoms in total. The molecular weight excluding hydrogens is 631 g/mol. The number of thiazole rings is 1. The van der Waals surface area contributed by atoms with Crippen LogP contribution in [-0.2, 0) is 27.3 Å². The molecule has 2 atom stereocenters. The smallest absolute Gasteiger partial charge is 0.394 e. The Morgan fingerprint density at radius 3 is 2.41 bits per heavy atom. The summed E-state index contributed by atoms with van der Waals surface area (Å²) < 4.78 is 93.3. The van der Waals surface area contributed by atoms with E-state index in [-0.39, 0.29) is 28.7 Å². The number of piperazine rings is 1. The van der Waals surface area contributed by atoms with Gasteiger partial charge in [0.15, 0.2) is 15.0 Å². The van der Waals surface area contributed by atoms with E-state index in [1.807, 2.05) is 4.90 Å². The van der Waals surface area contributed by atoms with Crippen molar-refractivity contribution in [3.8, 4) is 0 Å². The topological polar surface area (TPSA) is 112 Å². The summed E-state index contributed by atoms with van der Waals surface area (Å²) in [6.45, 7) is -0.944. The number of aliphatic hydroxyl groups excluding tert-OH is 1. The first kappa shape index (κ1) is 33.7. The molecule has 0 radical (unpaired) electrons. The predicted molar refractivity (Wildman–Crippen MR) is 153 cm³/mol. The van der Waals surface area contributed by atoms with Gasteiger partial charge in [-0.05, 0) is 35.4 Å². The number of rotatable bonds is 12. The van der Waals surface area contributed by atoms with Crippen molar-refractivity contribution in [2.45, 2.75) is 43.2 Å². The molecule has 1 aliphatic rings. The van der Waals surface area contributed by atoms with Crippen LogP contribution < -0.4 is 10.2 Å².